The van der Waals surface area contributed by atoms with Gasteiger partial charge in [0.05, 0.1) is 13.2 Å². The highest BCUT2D eigenvalue weighted by Crippen LogP contribution is 2.41. The lowest BCUT2D eigenvalue weighted by atomic mass is 9.77. The summed E-state index contributed by atoms with van der Waals surface area (Å²) in [6, 6.07) is 31.9. The minimum Gasteiger partial charge on any atom is -0.491 e. The zero-order valence-corrected chi connectivity index (χ0v) is 38.2. The fourth-order valence-electron chi connectivity index (χ4n) is 9.35. The predicted octanol–water partition coefficient (Wildman–Crippen LogP) is 17.2. The van der Waals surface area contributed by atoms with E-state index in [1.165, 1.54) is 98.1 Å². The number of hydrogen-bond acceptors (Lipinski definition) is 2. The van der Waals surface area contributed by atoms with Gasteiger partial charge < -0.3 is 9.47 Å². The highest BCUT2D eigenvalue weighted by atomic mass is 19.2. The quantitative estimate of drug-likeness (QED) is 0.104. The van der Waals surface area contributed by atoms with E-state index in [1.807, 2.05) is 12.1 Å². The topological polar surface area (TPSA) is 18.5 Å². The number of halogens is 4. The number of ether oxygens (including phenoxy) is 2. The molecule has 5 aromatic rings. The zero-order valence-electron chi connectivity index (χ0n) is 38.2. The molecular weight excluding hydrogens is 781 g/mol. The van der Waals surface area contributed by atoms with Crippen molar-refractivity contribution in [2.24, 2.45) is 11.8 Å². The molecule has 6 heteroatoms. The van der Waals surface area contributed by atoms with Gasteiger partial charge in [0.25, 0.3) is 0 Å². The highest BCUT2D eigenvalue weighted by Gasteiger charge is 2.27. The molecule has 0 radical (unpaired) electrons. The summed E-state index contributed by atoms with van der Waals surface area (Å²) in [6.07, 6.45) is 16.7. The highest BCUT2D eigenvalue weighted by molar-refractivity contribution is 5.66. The first-order valence-corrected chi connectivity index (χ1v) is 23.6. The maximum atomic E-state index is 14.4. The maximum Gasteiger partial charge on any atom is 0.201 e. The molecule has 0 amide bonds. The molecule has 5 aromatic carbocycles. The third-order valence-corrected chi connectivity index (χ3v) is 12.8. The number of aryl methyl sites for hydroxylation is 2. The minimum atomic E-state index is -0.914. The molecule has 0 heterocycles. The minimum absolute atomic E-state index is 0.0217. The van der Waals surface area contributed by atoms with Crippen molar-refractivity contribution >= 4 is 0 Å². The molecule has 2 nitrogen and oxygen atoms in total. The normalized spacial score (nSPS) is 18.5. The predicted molar refractivity (Wildman–Crippen MR) is 250 cm³/mol. The van der Waals surface area contributed by atoms with Gasteiger partial charge in [-0.15, -0.1) is 0 Å². The third kappa shape index (κ3) is 13.5. The molecule has 0 bridgehead atoms. The van der Waals surface area contributed by atoms with Gasteiger partial charge in [0.2, 0.25) is 11.6 Å². The summed E-state index contributed by atoms with van der Waals surface area (Å²) in [7, 11) is 0. The molecular formula is C56H70F4O2. The fraction of sp³-hybridized carbons (Fsp3) is 0.464. The van der Waals surface area contributed by atoms with E-state index in [0.717, 1.165) is 37.5 Å². The summed E-state index contributed by atoms with van der Waals surface area (Å²) >= 11 is 0. The molecule has 0 atom stereocenters. The average Bonchev–Trinajstić information content (AvgIpc) is 3.29. The van der Waals surface area contributed by atoms with E-state index in [1.54, 1.807) is 32.0 Å². The largest absolute Gasteiger partial charge is 0.491 e. The van der Waals surface area contributed by atoms with Crippen LogP contribution in [0.1, 0.15) is 152 Å². The van der Waals surface area contributed by atoms with Gasteiger partial charge in [-0.3, -0.25) is 0 Å². The van der Waals surface area contributed by atoms with E-state index in [2.05, 4.69) is 88.4 Å². The van der Waals surface area contributed by atoms with Crippen LogP contribution in [0.15, 0.2) is 97.1 Å². The lowest BCUT2D eigenvalue weighted by Crippen LogP contribution is -2.15. The average molecular weight is 851 g/mol. The molecule has 0 unspecified atom stereocenters. The molecule has 0 spiro atoms. The molecule has 62 heavy (non-hydrogen) atoms. The van der Waals surface area contributed by atoms with E-state index < -0.39 is 23.3 Å². The molecule has 2 fully saturated rings. The van der Waals surface area contributed by atoms with Crippen LogP contribution >= 0.6 is 0 Å². The smallest absolute Gasteiger partial charge is 0.201 e. The maximum absolute atomic E-state index is 14.4. The van der Waals surface area contributed by atoms with Crippen molar-refractivity contribution < 1.29 is 27.0 Å². The van der Waals surface area contributed by atoms with Crippen molar-refractivity contribution in [2.45, 2.75) is 143 Å². The first kappa shape index (κ1) is 48.5. The van der Waals surface area contributed by atoms with Gasteiger partial charge in [0.15, 0.2) is 23.1 Å². The van der Waals surface area contributed by atoms with Gasteiger partial charge >= 0.3 is 0 Å². The Balaban J connectivity index is 0.000000181. The third-order valence-electron chi connectivity index (χ3n) is 12.8. The summed E-state index contributed by atoms with van der Waals surface area (Å²) < 4.78 is 66.8. The molecule has 0 saturated heterocycles. The fourth-order valence-corrected chi connectivity index (χ4v) is 9.35. The SMILES string of the molecule is CCCC1CCC(c2ccc(-c3ccc(OCC)c(F)c3F)cc2)CC1.CCCC1CCC(c2ccc(OCC)c(F)c2F)CC1.CCCc1ccc(-c2ccc(C)cc2)cc1. The van der Waals surface area contributed by atoms with Gasteiger partial charge in [-0.05, 0) is 154 Å². The second-order valence-corrected chi connectivity index (χ2v) is 17.3. The Morgan fingerprint density at radius 3 is 1.42 bits per heavy atom. The second kappa shape index (κ2) is 24.9. The second-order valence-electron chi connectivity index (χ2n) is 17.3. The van der Waals surface area contributed by atoms with Crippen molar-refractivity contribution in [2.75, 3.05) is 13.2 Å². The van der Waals surface area contributed by atoms with E-state index in [4.69, 9.17) is 9.47 Å². The van der Waals surface area contributed by atoms with Crippen LogP contribution in [0.2, 0.25) is 0 Å². The van der Waals surface area contributed by atoms with Crippen LogP contribution in [0, 0.1) is 42.0 Å². The van der Waals surface area contributed by atoms with E-state index in [0.29, 0.717) is 30.3 Å². The lowest BCUT2D eigenvalue weighted by Gasteiger charge is -2.29. The molecule has 0 N–H and O–H groups in total. The van der Waals surface area contributed by atoms with Crippen LogP contribution in [0.3, 0.4) is 0 Å². The van der Waals surface area contributed by atoms with E-state index in [-0.39, 0.29) is 23.0 Å². The Kier molecular flexibility index (Phi) is 19.5. The molecule has 0 aliphatic heterocycles. The molecule has 2 saturated carbocycles. The molecule has 0 aromatic heterocycles. The van der Waals surface area contributed by atoms with Gasteiger partial charge in [0, 0.05) is 5.56 Å². The van der Waals surface area contributed by atoms with E-state index >= 15 is 0 Å². The van der Waals surface area contributed by atoms with E-state index in [9.17, 15) is 17.6 Å². The zero-order chi connectivity index (χ0) is 44.4. The Hall–Kier alpha value is -4.58. The summed E-state index contributed by atoms with van der Waals surface area (Å²) in [5, 5.41) is 0. The van der Waals surface area contributed by atoms with Crippen molar-refractivity contribution in [1.29, 1.82) is 0 Å². The van der Waals surface area contributed by atoms with Crippen LogP contribution in [0.4, 0.5) is 17.6 Å². The van der Waals surface area contributed by atoms with Crippen molar-refractivity contribution in [3.63, 3.8) is 0 Å². The lowest BCUT2D eigenvalue weighted by molar-refractivity contribution is 0.295. The van der Waals surface area contributed by atoms with Crippen LogP contribution in [0.25, 0.3) is 22.3 Å². The van der Waals surface area contributed by atoms with Crippen molar-refractivity contribution in [3.05, 3.63) is 143 Å². The van der Waals surface area contributed by atoms with Crippen LogP contribution in [-0.4, -0.2) is 13.2 Å². The van der Waals surface area contributed by atoms with Crippen molar-refractivity contribution in [3.8, 4) is 33.8 Å². The number of rotatable bonds is 14. The summed E-state index contributed by atoms with van der Waals surface area (Å²) in [5.41, 5.74) is 8.17. The Bertz CT molecular complexity index is 2060. The molecule has 334 valence electrons. The Labute approximate surface area is 370 Å². The van der Waals surface area contributed by atoms with Crippen LogP contribution in [0.5, 0.6) is 11.5 Å². The summed E-state index contributed by atoms with van der Waals surface area (Å²) in [6.45, 7) is 13.0. The Morgan fingerprint density at radius 1 is 0.452 bits per heavy atom. The van der Waals surface area contributed by atoms with Crippen LogP contribution < -0.4 is 9.47 Å². The first-order chi connectivity index (χ1) is 30.1. The van der Waals surface area contributed by atoms with Gasteiger partial charge in [-0.1, -0.05) is 137 Å². The summed E-state index contributed by atoms with van der Waals surface area (Å²) in [5.74, 6) is -0.903. The molecule has 2 aliphatic carbocycles. The number of benzene rings is 5. The van der Waals surface area contributed by atoms with Crippen LogP contribution in [-0.2, 0) is 6.42 Å². The van der Waals surface area contributed by atoms with Gasteiger partial charge in [-0.25, -0.2) is 8.78 Å². The molecule has 2 aliphatic rings. The summed E-state index contributed by atoms with van der Waals surface area (Å²) in [4.78, 5) is 0. The number of hydrogen-bond donors (Lipinski definition) is 0. The van der Waals surface area contributed by atoms with Crippen molar-refractivity contribution in [1.82, 2.24) is 0 Å². The van der Waals surface area contributed by atoms with Gasteiger partial charge in [0.1, 0.15) is 0 Å². The Morgan fingerprint density at radius 2 is 0.919 bits per heavy atom. The standard InChI is InChI=1S/C23H28F2O.C17H24F2O.C16H18/c1-3-5-16-6-8-17(9-7-16)18-10-12-19(13-11-18)20-14-15-21(26-4-2)23(25)22(20)24;1-3-5-12-6-8-13(9-7-12)14-10-11-15(20-4-2)17(19)16(14)18;1-3-4-14-7-11-16(12-8-14)15-9-5-13(2)6-10-15/h10-17H,3-9H2,1-2H3;10-13H,3-9H2,1-2H3;5-12H,3-4H2,1-2H3. The first-order valence-electron chi connectivity index (χ1n) is 23.6. The molecule has 7 rings (SSSR count). The monoisotopic (exact) mass is 851 g/mol. The van der Waals surface area contributed by atoms with Gasteiger partial charge in [-0.2, -0.15) is 8.78 Å².